The van der Waals surface area contributed by atoms with E-state index in [4.69, 9.17) is 9.47 Å². The van der Waals surface area contributed by atoms with E-state index in [2.05, 4.69) is 13.8 Å². The molecule has 3 aliphatic rings. The summed E-state index contributed by atoms with van der Waals surface area (Å²) in [5, 5.41) is 0. The summed E-state index contributed by atoms with van der Waals surface area (Å²) in [5.74, 6) is -0.0650. The molecule has 6 atom stereocenters. The fourth-order valence-electron chi connectivity index (χ4n) is 6.91. The SMILES string of the molecule is COC(=O)[C@@]1(C)CCC[C@@]2(C)[C@H]1CC(=O)[C@H]1[C@@H](C)/C(=C\C(=O)OCCN(C)C)CC[C@@H]12.Cl. The molecule has 0 spiro atoms. The Bertz CT molecular complexity index is 765. The molecule has 0 heterocycles. The van der Waals surface area contributed by atoms with Crippen molar-refractivity contribution in [1.29, 1.82) is 0 Å². The summed E-state index contributed by atoms with van der Waals surface area (Å²) < 4.78 is 10.5. The van der Waals surface area contributed by atoms with Crippen molar-refractivity contribution in [1.82, 2.24) is 4.90 Å². The van der Waals surface area contributed by atoms with Crippen LogP contribution in [0, 0.1) is 34.5 Å². The molecule has 3 aliphatic carbocycles. The first-order valence-corrected chi connectivity index (χ1v) is 11.7. The number of nitrogens with zero attached hydrogens (tertiary/aromatic N) is 1. The highest BCUT2D eigenvalue weighted by Crippen LogP contribution is 2.64. The fourth-order valence-corrected chi connectivity index (χ4v) is 6.91. The molecule has 0 radical (unpaired) electrons. The van der Waals surface area contributed by atoms with E-state index in [1.54, 1.807) is 6.08 Å². The van der Waals surface area contributed by atoms with Crippen LogP contribution in [0.4, 0.5) is 0 Å². The number of hydrogen-bond acceptors (Lipinski definition) is 6. The van der Waals surface area contributed by atoms with E-state index < -0.39 is 5.41 Å². The second kappa shape index (κ2) is 10.3. The molecule has 0 aromatic rings. The number of esters is 2. The summed E-state index contributed by atoms with van der Waals surface area (Å²) in [6.07, 6.45) is 6.52. The van der Waals surface area contributed by atoms with Crippen LogP contribution in [-0.4, -0.2) is 57.0 Å². The first-order chi connectivity index (χ1) is 14.5. The summed E-state index contributed by atoms with van der Waals surface area (Å²) in [6.45, 7) is 7.42. The predicted molar refractivity (Wildman–Crippen MR) is 125 cm³/mol. The minimum absolute atomic E-state index is 0. The zero-order valence-corrected chi connectivity index (χ0v) is 21.3. The van der Waals surface area contributed by atoms with Gasteiger partial charge < -0.3 is 14.4 Å². The van der Waals surface area contributed by atoms with Gasteiger partial charge in [-0.25, -0.2) is 4.79 Å². The average Bonchev–Trinajstić information content (AvgIpc) is 2.70. The number of ether oxygens (including phenoxy) is 2. The lowest BCUT2D eigenvalue weighted by molar-refractivity contribution is -0.178. The Hall–Kier alpha value is -1.40. The molecule has 182 valence electrons. The van der Waals surface area contributed by atoms with Gasteiger partial charge in [0.05, 0.1) is 12.5 Å². The maximum atomic E-state index is 13.4. The molecule has 0 aliphatic heterocycles. The van der Waals surface area contributed by atoms with Gasteiger partial charge in [-0.05, 0) is 69.9 Å². The van der Waals surface area contributed by atoms with Crippen molar-refractivity contribution in [2.45, 2.75) is 59.3 Å². The van der Waals surface area contributed by atoms with Gasteiger partial charge in [-0.2, -0.15) is 0 Å². The number of ketones is 1. The second-order valence-electron chi connectivity index (χ2n) is 10.6. The second-order valence-corrected chi connectivity index (χ2v) is 10.6. The van der Waals surface area contributed by atoms with Crippen LogP contribution in [0.1, 0.15) is 59.3 Å². The van der Waals surface area contributed by atoms with E-state index in [1.807, 2.05) is 25.9 Å². The number of rotatable bonds is 5. The van der Waals surface area contributed by atoms with Gasteiger partial charge in [0.2, 0.25) is 0 Å². The van der Waals surface area contributed by atoms with Crippen LogP contribution in [0.25, 0.3) is 0 Å². The van der Waals surface area contributed by atoms with Gasteiger partial charge in [-0.15, -0.1) is 12.4 Å². The molecule has 3 saturated carbocycles. The molecule has 0 N–H and O–H groups in total. The standard InChI is InChI=1S/C25H39NO5.ClH/c1-16-17(14-21(28)31-13-12-26(4)5)8-9-18-22(16)19(27)15-20-24(18,2)10-7-11-25(20,3)23(29)30-6;/h14,16,18,20,22H,7-13,15H2,1-6H3;1H/b17-14-;/t16-,18-,20+,22-,24+,25-;/m0./s1. The summed E-state index contributed by atoms with van der Waals surface area (Å²) in [4.78, 5) is 40.4. The zero-order chi connectivity index (χ0) is 23.0. The molecule has 0 aromatic heterocycles. The molecule has 0 unspecified atom stereocenters. The summed E-state index contributed by atoms with van der Waals surface area (Å²) in [6, 6.07) is 0. The lowest BCUT2D eigenvalue weighted by atomic mass is 9.43. The quantitative estimate of drug-likeness (QED) is 0.446. The van der Waals surface area contributed by atoms with Crippen molar-refractivity contribution in [3.05, 3.63) is 11.6 Å². The van der Waals surface area contributed by atoms with Gasteiger partial charge in [0, 0.05) is 25.0 Å². The normalized spacial score (nSPS) is 37.8. The van der Waals surface area contributed by atoms with E-state index in [9.17, 15) is 14.4 Å². The minimum Gasteiger partial charge on any atom is -0.469 e. The van der Waals surface area contributed by atoms with Crippen LogP contribution < -0.4 is 0 Å². The fraction of sp³-hybridized carbons (Fsp3) is 0.800. The first kappa shape index (κ1) is 26.8. The Morgan fingerprint density at radius 2 is 1.91 bits per heavy atom. The summed E-state index contributed by atoms with van der Waals surface area (Å²) in [5.41, 5.74) is 0.363. The number of fused-ring (bicyclic) bond motifs is 3. The Balaban J connectivity index is 0.00000363. The third-order valence-corrected chi connectivity index (χ3v) is 8.64. The van der Waals surface area contributed by atoms with Crippen LogP contribution in [0.3, 0.4) is 0 Å². The molecule has 0 bridgehead atoms. The van der Waals surface area contributed by atoms with Gasteiger partial charge in [-0.3, -0.25) is 9.59 Å². The molecular formula is C25H40ClNO5. The highest BCUT2D eigenvalue weighted by atomic mass is 35.5. The van der Waals surface area contributed by atoms with Gasteiger partial charge in [0.15, 0.2) is 0 Å². The van der Waals surface area contributed by atoms with Gasteiger partial charge >= 0.3 is 11.9 Å². The van der Waals surface area contributed by atoms with E-state index in [0.29, 0.717) is 19.6 Å². The van der Waals surface area contributed by atoms with Crippen molar-refractivity contribution < 1.29 is 23.9 Å². The largest absolute Gasteiger partial charge is 0.469 e. The third kappa shape index (κ3) is 4.77. The zero-order valence-electron chi connectivity index (χ0n) is 20.4. The topological polar surface area (TPSA) is 72.9 Å². The van der Waals surface area contributed by atoms with Crippen molar-refractivity contribution in [3.8, 4) is 0 Å². The Morgan fingerprint density at radius 1 is 1.22 bits per heavy atom. The number of carbonyl (C=O) groups is 3. The number of likely N-dealkylation sites (N-methyl/N-ethyl adjacent to an activating group) is 1. The third-order valence-electron chi connectivity index (χ3n) is 8.64. The molecular weight excluding hydrogens is 430 g/mol. The van der Waals surface area contributed by atoms with Crippen molar-refractivity contribution in [3.63, 3.8) is 0 Å². The van der Waals surface area contributed by atoms with Gasteiger partial charge in [-0.1, -0.05) is 25.8 Å². The smallest absolute Gasteiger partial charge is 0.330 e. The van der Waals surface area contributed by atoms with Crippen LogP contribution in [-0.2, 0) is 23.9 Å². The average molecular weight is 470 g/mol. The molecule has 3 fully saturated rings. The predicted octanol–water partition coefficient (Wildman–Crippen LogP) is 4.06. The Kier molecular flexibility index (Phi) is 8.60. The molecule has 32 heavy (non-hydrogen) atoms. The van der Waals surface area contributed by atoms with Crippen LogP contribution in [0.5, 0.6) is 0 Å². The van der Waals surface area contributed by atoms with Gasteiger partial charge in [0.25, 0.3) is 0 Å². The molecule has 6 nitrogen and oxygen atoms in total. The van der Waals surface area contributed by atoms with Crippen LogP contribution in [0.2, 0.25) is 0 Å². The van der Waals surface area contributed by atoms with Crippen molar-refractivity contribution in [2.75, 3.05) is 34.4 Å². The number of allylic oxidation sites excluding steroid dienone is 1. The lowest BCUT2D eigenvalue weighted by Crippen LogP contribution is -2.59. The van der Waals surface area contributed by atoms with E-state index in [-0.39, 0.29) is 59.2 Å². The minimum atomic E-state index is -0.599. The number of Topliss-reactive ketones (excluding diaryl/α,β-unsaturated/α-hetero) is 1. The Labute approximate surface area is 198 Å². The number of methoxy groups -OCH3 is 1. The maximum absolute atomic E-state index is 13.4. The molecule has 0 aromatic carbocycles. The highest BCUT2D eigenvalue weighted by Gasteiger charge is 2.62. The monoisotopic (exact) mass is 469 g/mol. The highest BCUT2D eigenvalue weighted by molar-refractivity contribution is 5.87. The van der Waals surface area contributed by atoms with E-state index >= 15 is 0 Å². The maximum Gasteiger partial charge on any atom is 0.330 e. The lowest BCUT2D eigenvalue weighted by Gasteiger charge is -2.60. The molecule has 0 saturated heterocycles. The Morgan fingerprint density at radius 3 is 2.53 bits per heavy atom. The van der Waals surface area contributed by atoms with E-state index in [0.717, 1.165) is 37.7 Å². The molecule has 0 amide bonds. The van der Waals surface area contributed by atoms with Crippen LogP contribution >= 0.6 is 12.4 Å². The van der Waals surface area contributed by atoms with Crippen molar-refractivity contribution in [2.24, 2.45) is 34.5 Å². The first-order valence-electron chi connectivity index (χ1n) is 11.7. The number of halogens is 1. The van der Waals surface area contributed by atoms with Crippen LogP contribution in [0.15, 0.2) is 11.6 Å². The number of carbonyl (C=O) groups excluding carboxylic acids is 3. The summed E-state index contributed by atoms with van der Waals surface area (Å²) >= 11 is 0. The molecule has 3 rings (SSSR count). The number of hydrogen-bond donors (Lipinski definition) is 0. The van der Waals surface area contributed by atoms with Gasteiger partial charge in [0.1, 0.15) is 12.4 Å². The summed E-state index contributed by atoms with van der Waals surface area (Å²) in [7, 11) is 5.33. The van der Waals surface area contributed by atoms with Crippen molar-refractivity contribution >= 4 is 30.1 Å². The van der Waals surface area contributed by atoms with E-state index in [1.165, 1.54) is 7.11 Å². The molecule has 7 heteroatoms.